The van der Waals surface area contributed by atoms with Crippen LogP contribution in [0.1, 0.15) is 10.4 Å². The van der Waals surface area contributed by atoms with Crippen molar-refractivity contribution >= 4 is 44.9 Å². The van der Waals surface area contributed by atoms with E-state index in [0.717, 1.165) is 4.47 Å². The zero-order valence-electron chi connectivity index (χ0n) is 11.0. The molecule has 21 heavy (non-hydrogen) atoms. The summed E-state index contributed by atoms with van der Waals surface area (Å²) < 4.78 is 5.93. The number of methoxy groups -OCH3 is 1. The SMILES string of the molecule is COc1cc(Br)cc(NC(=O)c2cc(Cl)nc(NN)c2)c1. The smallest absolute Gasteiger partial charge is 0.255 e. The van der Waals surface area contributed by atoms with Crippen LogP contribution in [0.15, 0.2) is 34.8 Å². The second kappa shape index (κ2) is 6.75. The van der Waals surface area contributed by atoms with Crippen molar-refractivity contribution in [2.24, 2.45) is 5.84 Å². The molecule has 0 atom stereocenters. The number of anilines is 2. The van der Waals surface area contributed by atoms with Crippen LogP contribution in [0, 0.1) is 0 Å². The molecule has 0 radical (unpaired) electrons. The van der Waals surface area contributed by atoms with Gasteiger partial charge in [-0.25, -0.2) is 10.8 Å². The van der Waals surface area contributed by atoms with Gasteiger partial charge >= 0.3 is 0 Å². The molecule has 0 aliphatic heterocycles. The maximum Gasteiger partial charge on any atom is 0.255 e. The fraction of sp³-hybridized carbons (Fsp3) is 0.0769. The Bertz CT molecular complexity index is 681. The Morgan fingerprint density at radius 1 is 1.33 bits per heavy atom. The van der Waals surface area contributed by atoms with E-state index in [2.05, 4.69) is 31.7 Å². The van der Waals surface area contributed by atoms with Crippen molar-refractivity contribution in [2.75, 3.05) is 17.9 Å². The Balaban J connectivity index is 2.25. The summed E-state index contributed by atoms with van der Waals surface area (Å²) in [5.41, 5.74) is 3.27. The second-order valence-electron chi connectivity index (χ2n) is 4.04. The predicted octanol–water partition coefficient (Wildman–Crippen LogP) is 3.04. The van der Waals surface area contributed by atoms with E-state index < -0.39 is 0 Å². The normalized spacial score (nSPS) is 10.1. The highest BCUT2D eigenvalue weighted by atomic mass is 79.9. The average Bonchev–Trinajstić information content (AvgIpc) is 2.45. The maximum absolute atomic E-state index is 12.2. The molecular formula is C13H12BrClN4O2. The van der Waals surface area contributed by atoms with Gasteiger partial charge in [0.05, 0.1) is 7.11 Å². The minimum Gasteiger partial charge on any atom is -0.497 e. The van der Waals surface area contributed by atoms with Crippen molar-refractivity contribution in [1.82, 2.24) is 4.98 Å². The molecule has 8 heteroatoms. The van der Waals surface area contributed by atoms with Crippen molar-refractivity contribution in [2.45, 2.75) is 0 Å². The number of ether oxygens (including phenoxy) is 1. The molecule has 0 spiro atoms. The molecule has 2 rings (SSSR count). The number of halogens is 2. The van der Waals surface area contributed by atoms with Gasteiger partial charge in [0.2, 0.25) is 0 Å². The molecule has 0 aliphatic rings. The lowest BCUT2D eigenvalue weighted by molar-refractivity contribution is 0.102. The van der Waals surface area contributed by atoms with Crippen LogP contribution in [0.2, 0.25) is 5.15 Å². The Kier molecular flexibility index (Phi) is 5.00. The van der Waals surface area contributed by atoms with Gasteiger partial charge in [0, 0.05) is 21.8 Å². The Morgan fingerprint density at radius 2 is 2.10 bits per heavy atom. The summed E-state index contributed by atoms with van der Waals surface area (Å²) in [5.74, 6) is 5.86. The van der Waals surface area contributed by atoms with Gasteiger partial charge in [-0.05, 0) is 24.3 Å². The van der Waals surface area contributed by atoms with Crippen molar-refractivity contribution in [3.63, 3.8) is 0 Å². The van der Waals surface area contributed by atoms with E-state index in [1.165, 1.54) is 12.1 Å². The number of benzene rings is 1. The topological polar surface area (TPSA) is 89.3 Å². The van der Waals surface area contributed by atoms with E-state index >= 15 is 0 Å². The van der Waals surface area contributed by atoms with Gasteiger partial charge < -0.3 is 15.5 Å². The number of amides is 1. The summed E-state index contributed by atoms with van der Waals surface area (Å²) in [7, 11) is 1.55. The highest BCUT2D eigenvalue weighted by Crippen LogP contribution is 2.25. The van der Waals surface area contributed by atoms with Crippen LogP contribution >= 0.6 is 27.5 Å². The zero-order valence-corrected chi connectivity index (χ0v) is 13.3. The van der Waals surface area contributed by atoms with Crippen molar-refractivity contribution in [3.8, 4) is 5.75 Å². The summed E-state index contributed by atoms with van der Waals surface area (Å²) in [6.07, 6.45) is 0. The highest BCUT2D eigenvalue weighted by Gasteiger charge is 2.10. The first kappa shape index (κ1) is 15.6. The molecule has 110 valence electrons. The lowest BCUT2D eigenvalue weighted by atomic mass is 10.2. The number of rotatable bonds is 4. The zero-order chi connectivity index (χ0) is 15.4. The van der Waals surface area contributed by atoms with Crippen LogP contribution < -0.4 is 21.3 Å². The van der Waals surface area contributed by atoms with E-state index in [0.29, 0.717) is 22.8 Å². The third kappa shape index (κ3) is 4.07. The first-order valence-electron chi connectivity index (χ1n) is 5.82. The molecule has 0 unspecified atom stereocenters. The molecule has 0 aliphatic carbocycles. The minimum atomic E-state index is -0.337. The van der Waals surface area contributed by atoms with Gasteiger partial charge in [-0.15, -0.1) is 0 Å². The standard InChI is InChI=1S/C13H12BrClN4O2/c1-21-10-5-8(14)4-9(6-10)17-13(20)7-2-11(15)18-12(3-7)19-16/h2-6H,16H2,1H3,(H,17,20)(H,18,19). The van der Waals surface area contributed by atoms with Crippen molar-refractivity contribution in [1.29, 1.82) is 0 Å². The second-order valence-corrected chi connectivity index (χ2v) is 5.34. The largest absolute Gasteiger partial charge is 0.497 e. The van der Waals surface area contributed by atoms with Gasteiger partial charge in [-0.2, -0.15) is 0 Å². The molecule has 1 amide bonds. The quantitative estimate of drug-likeness (QED) is 0.437. The van der Waals surface area contributed by atoms with Gasteiger partial charge in [0.1, 0.15) is 16.7 Å². The van der Waals surface area contributed by atoms with Crippen LogP contribution in [0.3, 0.4) is 0 Å². The lowest BCUT2D eigenvalue weighted by Crippen LogP contribution is -2.14. The Labute approximate surface area is 134 Å². The van der Waals surface area contributed by atoms with E-state index in [-0.39, 0.29) is 11.1 Å². The Morgan fingerprint density at radius 3 is 2.76 bits per heavy atom. The molecule has 2 aromatic rings. The molecule has 6 nitrogen and oxygen atoms in total. The van der Waals surface area contributed by atoms with Gasteiger partial charge in [-0.3, -0.25) is 4.79 Å². The van der Waals surface area contributed by atoms with Crippen molar-refractivity contribution < 1.29 is 9.53 Å². The van der Waals surface area contributed by atoms with Crippen molar-refractivity contribution in [3.05, 3.63) is 45.5 Å². The number of aromatic nitrogens is 1. The van der Waals surface area contributed by atoms with Crippen LogP contribution in [-0.4, -0.2) is 18.0 Å². The lowest BCUT2D eigenvalue weighted by Gasteiger charge is -2.09. The number of nitrogens with zero attached hydrogens (tertiary/aromatic N) is 1. The fourth-order valence-corrected chi connectivity index (χ4v) is 2.34. The average molecular weight is 372 g/mol. The molecule has 1 aromatic heterocycles. The number of carbonyl (C=O) groups is 1. The number of hydrogen-bond donors (Lipinski definition) is 3. The number of nitrogen functional groups attached to an aromatic ring is 1. The first-order chi connectivity index (χ1) is 10.0. The van der Waals surface area contributed by atoms with Crippen LogP contribution in [0.5, 0.6) is 5.75 Å². The van der Waals surface area contributed by atoms with Crippen LogP contribution in [0.4, 0.5) is 11.5 Å². The summed E-state index contributed by atoms with van der Waals surface area (Å²) in [6, 6.07) is 8.19. The first-order valence-corrected chi connectivity index (χ1v) is 6.99. The predicted molar refractivity (Wildman–Crippen MR) is 85.7 cm³/mol. The van der Waals surface area contributed by atoms with Crippen LogP contribution in [-0.2, 0) is 0 Å². The van der Waals surface area contributed by atoms with Gasteiger partial charge in [-0.1, -0.05) is 27.5 Å². The van der Waals surface area contributed by atoms with E-state index in [1.54, 1.807) is 25.3 Å². The van der Waals surface area contributed by atoms with Gasteiger partial charge in [0.15, 0.2) is 0 Å². The number of nitrogens with two attached hydrogens (primary N) is 1. The third-order valence-electron chi connectivity index (χ3n) is 2.57. The van der Waals surface area contributed by atoms with Crippen LogP contribution in [0.25, 0.3) is 0 Å². The molecule has 0 bridgehead atoms. The van der Waals surface area contributed by atoms with E-state index in [1.807, 2.05) is 0 Å². The monoisotopic (exact) mass is 370 g/mol. The van der Waals surface area contributed by atoms with E-state index in [4.69, 9.17) is 22.2 Å². The van der Waals surface area contributed by atoms with Gasteiger partial charge in [0.25, 0.3) is 5.91 Å². The number of hydrogen-bond acceptors (Lipinski definition) is 5. The number of pyridine rings is 1. The summed E-state index contributed by atoms with van der Waals surface area (Å²) in [4.78, 5) is 16.1. The third-order valence-corrected chi connectivity index (χ3v) is 3.22. The summed E-state index contributed by atoms with van der Waals surface area (Å²) in [6.45, 7) is 0. The minimum absolute atomic E-state index is 0.169. The highest BCUT2D eigenvalue weighted by molar-refractivity contribution is 9.10. The fourth-order valence-electron chi connectivity index (χ4n) is 1.66. The molecule has 0 saturated carbocycles. The molecule has 4 N–H and O–H groups in total. The maximum atomic E-state index is 12.2. The molecular weight excluding hydrogens is 360 g/mol. The summed E-state index contributed by atoms with van der Waals surface area (Å²) >= 11 is 9.18. The molecule has 1 aromatic carbocycles. The number of nitrogens with one attached hydrogen (secondary N) is 2. The Hall–Kier alpha value is -1.83. The van der Waals surface area contributed by atoms with E-state index in [9.17, 15) is 4.79 Å². The summed E-state index contributed by atoms with van der Waals surface area (Å²) in [5, 5.41) is 2.92. The number of carbonyl (C=O) groups excluding carboxylic acids is 1. The molecule has 0 fully saturated rings. The molecule has 1 heterocycles. The number of hydrazine groups is 1. The molecule has 0 saturated heterocycles.